The molecule has 0 fully saturated rings. The van der Waals surface area contributed by atoms with Crippen LogP contribution in [0, 0.1) is 20.8 Å². The number of phenols is 1. The van der Waals surface area contributed by atoms with E-state index in [1.807, 2.05) is 26.8 Å². The molecule has 1 heterocycles. The molecule has 26 heavy (non-hydrogen) atoms. The zero-order valence-electron chi connectivity index (χ0n) is 14.9. The van der Waals surface area contributed by atoms with Gasteiger partial charge in [0, 0.05) is 32.6 Å². The van der Waals surface area contributed by atoms with Crippen LogP contribution < -0.4 is 5.56 Å². The quantitative estimate of drug-likeness (QED) is 0.637. The Labute approximate surface area is 156 Å². The smallest absolute Gasteiger partial charge is 0.256 e. The van der Waals surface area contributed by atoms with Crippen LogP contribution >= 0.6 is 11.6 Å². The SMILES string of the molecule is Cc1cc2[nH]c(=O)c(/C=C/CO)c(-c3cc(Cl)ccc3O)c2c(C)c1C. The molecule has 1 aromatic heterocycles. The number of nitrogens with one attached hydrogen (secondary N) is 1. The van der Waals surface area contributed by atoms with Crippen molar-refractivity contribution in [1.82, 2.24) is 4.98 Å². The number of H-pyrrole nitrogens is 1. The molecule has 5 heteroatoms. The average molecular weight is 370 g/mol. The van der Waals surface area contributed by atoms with Crippen LogP contribution in [-0.2, 0) is 0 Å². The van der Waals surface area contributed by atoms with Gasteiger partial charge in [-0.05, 0) is 61.7 Å². The summed E-state index contributed by atoms with van der Waals surface area (Å²) >= 11 is 6.16. The van der Waals surface area contributed by atoms with E-state index >= 15 is 0 Å². The largest absolute Gasteiger partial charge is 0.507 e. The van der Waals surface area contributed by atoms with E-state index in [0.29, 0.717) is 27.2 Å². The molecule has 0 spiro atoms. The van der Waals surface area contributed by atoms with Gasteiger partial charge >= 0.3 is 0 Å². The minimum atomic E-state index is -0.292. The standard InChI is InChI=1S/C21H20ClNO3/c1-11-9-17-19(13(3)12(11)2)20(15(5-4-8-24)21(26)23-17)16-10-14(22)6-7-18(16)25/h4-7,9-10,24-25H,8H2,1-3H3,(H,23,26)/b5-4+. The summed E-state index contributed by atoms with van der Waals surface area (Å²) in [5.74, 6) is 0.0394. The number of halogens is 1. The molecule has 134 valence electrons. The zero-order valence-corrected chi connectivity index (χ0v) is 15.6. The van der Waals surface area contributed by atoms with Crippen LogP contribution in [-0.4, -0.2) is 21.8 Å². The molecule has 0 unspecified atom stereocenters. The molecular weight excluding hydrogens is 350 g/mol. The number of hydrogen-bond acceptors (Lipinski definition) is 3. The Morgan fingerprint density at radius 3 is 2.58 bits per heavy atom. The van der Waals surface area contributed by atoms with E-state index in [9.17, 15) is 9.90 Å². The molecule has 2 aromatic carbocycles. The molecule has 3 N–H and O–H groups in total. The van der Waals surface area contributed by atoms with E-state index in [4.69, 9.17) is 16.7 Å². The Morgan fingerprint density at radius 2 is 1.88 bits per heavy atom. The lowest BCUT2D eigenvalue weighted by molar-refractivity contribution is 0.343. The highest BCUT2D eigenvalue weighted by Gasteiger charge is 2.19. The Balaban J connectivity index is 2.59. The molecule has 0 bridgehead atoms. The first-order valence-electron chi connectivity index (χ1n) is 8.28. The number of phenolic OH excluding ortho intramolecular Hbond substituents is 1. The fraction of sp³-hybridized carbons (Fsp3) is 0.190. The van der Waals surface area contributed by atoms with E-state index in [1.165, 1.54) is 12.1 Å². The van der Waals surface area contributed by atoms with Gasteiger partial charge in [-0.1, -0.05) is 23.8 Å². The maximum atomic E-state index is 12.7. The van der Waals surface area contributed by atoms with Crippen molar-refractivity contribution in [2.75, 3.05) is 6.61 Å². The number of rotatable bonds is 3. The number of aromatic nitrogens is 1. The molecule has 0 aliphatic carbocycles. The van der Waals surface area contributed by atoms with Crippen LogP contribution in [0.3, 0.4) is 0 Å². The van der Waals surface area contributed by atoms with Gasteiger partial charge in [0.1, 0.15) is 5.75 Å². The molecule has 3 rings (SSSR count). The van der Waals surface area contributed by atoms with Crippen molar-refractivity contribution in [3.63, 3.8) is 0 Å². The van der Waals surface area contributed by atoms with Gasteiger partial charge in [0.2, 0.25) is 0 Å². The van der Waals surface area contributed by atoms with Gasteiger partial charge in [-0.3, -0.25) is 4.79 Å². The number of benzene rings is 2. The average Bonchev–Trinajstić information content (AvgIpc) is 2.60. The van der Waals surface area contributed by atoms with E-state index in [0.717, 1.165) is 22.1 Å². The third-order valence-corrected chi connectivity index (χ3v) is 5.02. The summed E-state index contributed by atoms with van der Waals surface area (Å²) in [7, 11) is 0. The van der Waals surface area contributed by atoms with Crippen LogP contribution in [0.2, 0.25) is 5.02 Å². The van der Waals surface area contributed by atoms with E-state index in [1.54, 1.807) is 18.2 Å². The Hall–Kier alpha value is -2.56. The molecule has 3 aromatic rings. The first kappa shape index (κ1) is 18.2. The Morgan fingerprint density at radius 1 is 1.15 bits per heavy atom. The van der Waals surface area contributed by atoms with E-state index in [-0.39, 0.29) is 17.9 Å². The molecular formula is C21H20ClNO3. The lowest BCUT2D eigenvalue weighted by atomic mass is 9.90. The summed E-state index contributed by atoms with van der Waals surface area (Å²) in [4.78, 5) is 15.7. The summed E-state index contributed by atoms with van der Waals surface area (Å²) in [5.41, 5.74) is 5.08. The topological polar surface area (TPSA) is 73.3 Å². The van der Waals surface area contributed by atoms with E-state index in [2.05, 4.69) is 4.98 Å². The maximum absolute atomic E-state index is 12.7. The number of fused-ring (bicyclic) bond motifs is 1. The van der Waals surface area contributed by atoms with Crippen LogP contribution in [0.5, 0.6) is 5.75 Å². The summed E-state index contributed by atoms with van der Waals surface area (Å²) in [6.07, 6.45) is 3.07. The van der Waals surface area contributed by atoms with Crippen LogP contribution in [0.15, 0.2) is 35.1 Å². The second kappa shape index (κ2) is 6.98. The lowest BCUT2D eigenvalue weighted by Gasteiger charge is -2.17. The first-order chi connectivity index (χ1) is 12.3. The zero-order chi connectivity index (χ0) is 19.0. The summed E-state index contributed by atoms with van der Waals surface area (Å²) in [6.45, 7) is 5.83. The number of aromatic amines is 1. The maximum Gasteiger partial charge on any atom is 0.256 e. The highest BCUT2D eigenvalue weighted by Crippen LogP contribution is 2.39. The highest BCUT2D eigenvalue weighted by molar-refractivity contribution is 6.31. The van der Waals surface area contributed by atoms with Crippen molar-refractivity contribution >= 4 is 28.6 Å². The molecule has 0 aliphatic heterocycles. The third kappa shape index (κ3) is 3.02. The van der Waals surface area contributed by atoms with Gasteiger partial charge in [-0.25, -0.2) is 0 Å². The van der Waals surface area contributed by atoms with Crippen molar-refractivity contribution < 1.29 is 10.2 Å². The molecule has 0 saturated carbocycles. The predicted molar refractivity (Wildman–Crippen MR) is 107 cm³/mol. The normalized spacial score (nSPS) is 11.6. The van der Waals surface area contributed by atoms with Gasteiger partial charge in [0.05, 0.1) is 6.61 Å². The third-order valence-electron chi connectivity index (χ3n) is 4.79. The minimum absolute atomic E-state index is 0.0394. The molecule has 0 amide bonds. The van der Waals surface area contributed by atoms with Gasteiger partial charge in [0.25, 0.3) is 5.56 Å². The molecule has 0 aliphatic rings. The number of aliphatic hydroxyl groups excluding tert-OH is 1. The van der Waals surface area contributed by atoms with Crippen molar-refractivity contribution in [3.8, 4) is 16.9 Å². The number of aromatic hydroxyl groups is 1. The second-order valence-electron chi connectivity index (χ2n) is 6.36. The van der Waals surface area contributed by atoms with Gasteiger partial charge in [0.15, 0.2) is 0 Å². The highest BCUT2D eigenvalue weighted by atomic mass is 35.5. The fourth-order valence-corrected chi connectivity index (χ4v) is 3.43. The monoisotopic (exact) mass is 369 g/mol. The van der Waals surface area contributed by atoms with Crippen LogP contribution in [0.1, 0.15) is 22.3 Å². The van der Waals surface area contributed by atoms with Crippen molar-refractivity contribution in [2.24, 2.45) is 0 Å². The molecule has 4 nitrogen and oxygen atoms in total. The Kier molecular flexibility index (Phi) is 4.90. The fourth-order valence-electron chi connectivity index (χ4n) is 3.26. The minimum Gasteiger partial charge on any atom is -0.507 e. The van der Waals surface area contributed by atoms with Gasteiger partial charge < -0.3 is 15.2 Å². The molecule has 0 radical (unpaired) electrons. The number of pyridine rings is 1. The summed E-state index contributed by atoms with van der Waals surface area (Å²) in [6, 6.07) is 6.70. The second-order valence-corrected chi connectivity index (χ2v) is 6.79. The van der Waals surface area contributed by atoms with Crippen molar-refractivity contribution in [3.05, 3.63) is 68.0 Å². The summed E-state index contributed by atoms with van der Waals surface area (Å²) in [5, 5.41) is 20.9. The van der Waals surface area contributed by atoms with Gasteiger partial charge in [-0.15, -0.1) is 0 Å². The summed E-state index contributed by atoms with van der Waals surface area (Å²) < 4.78 is 0. The first-order valence-corrected chi connectivity index (χ1v) is 8.66. The number of aliphatic hydroxyl groups is 1. The number of aryl methyl sites for hydroxylation is 2. The van der Waals surface area contributed by atoms with Gasteiger partial charge in [-0.2, -0.15) is 0 Å². The molecule has 0 atom stereocenters. The number of hydrogen-bond donors (Lipinski definition) is 3. The van der Waals surface area contributed by atoms with Crippen LogP contribution in [0.4, 0.5) is 0 Å². The Bertz CT molecular complexity index is 1100. The molecule has 0 saturated heterocycles. The lowest BCUT2D eigenvalue weighted by Crippen LogP contribution is -2.13. The van der Waals surface area contributed by atoms with Crippen molar-refractivity contribution in [2.45, 2.75) is 20.8 Å². The van der Waals surface area contributed by atoms with E-state index < -0.39 is 0 Å². The van der Waals surface area contributed by atoms with Crippen molar-refractivity contribution in [1.29, 1.82) is 0 Å². The van der Waals surface area contributed by atoms with Crippen LogP contribution in [0.25, 0.3) is 28.1 Å². The predicted octanol–water partition coefficient (Wildman–Crippen LogP) is 4.48.